The molecule has 1 amide bonds. The molecule has 122 valence electrons. The molecule has 2 heterocycles. The van der Waals surface area contributed by atoms with Crippen molar-refractivity contribution in [3.63, 3.8) is 0 Å². The summed E-state index contributed by atoms with van der Waals surface area (Å²) in [5.74, 6) is -3.22. The smallest absolute Gasteiger partial charge is 0.262 e. The quantitative estimate of drug-likeness (QED) is 0.902. The minimum absolute atomic E-state index is 0.319. The van der Waals surface area contributed by atoms with E-state index in [0.717, 1.165) is 16.3 Å². The lowest BCUT2D eigenvalue weighted by Gasteiger charge is -2.15. The van der Waals surface area contributed by atoms with Crippen LogP contribution in [0.15, 0.2) is 35.7 Å². The summed E-state index contributed by atoms with van der Waals surface area (Å²) in [5, 5.41) is 7.99. The second-order valence-corrected chi connectivity index (χ2v) is 6.55. The SMILES string of the molecule is CC(NC(=O)C1CC(F)(F)CN1)c1nc(-c2ccccc2)cs1. The van der Waals surface area contributed by atoms with Crippen molar-refractivity contribution >= 4 is 17.2 Å². The average molecular weight is 337 g/mol. The first-order valence-corrected chi connectivity index (χ1v) is 8.25. The highest BCUT2D eigenvalue weighted by atomic mass is 32.1. The van der Waals surface area contributed by atoms with E-state index in [0.29, 0.717) is 0 Å². The van der Waals surface area contributed by atoms with E-state index >= 15 is 0 Å². The molecule has 1 fully saturated rings. The summed E-state index contributed by atoms with van der Waals surface area (Å²) in [6, 6.07) is 8.57. The van der Waals surface area contributed by atoms with Crippen LogP contribution in [0.4, 0.5) is 8.78 Å². The molecular formula is C16H17F2N3OS. The van der Waals surface area contributed by atoms with Gasteiger partial charge in [0.25, 0.3) is 5.92 Å². The predicted octanol–water partition coefficient (Wildman–Crippen LogP) is 2.98. The Hall–Kier alpha value is -1.86. The summed E-state index contributed by atoms with van der Waals surface area (Å²) in [7, 11) is 0. The molecule has 1 aliphatic heterocycles. The second kappa shape index (κ2) is 6.33. The lowest BCUT2D eigenvalue weighted by Crippen LogP contribution is -2.41. The van der Waals surface area contributed by atoms with Crippen LogP contribution in [0.2, 0.25) is 0 Å². The molecule has 2 unspecified atom stereocenters. The third-order valence-corrected chi connectivity index (χ3v) is 4.77. The van der Waals surface area contributed by atoms with Gasteiger partial charge >= 0.3 is 0 Å². The number of halogens is 2. The molecule has 1 aromatic heterocycles. The van der Waals surface area contributed by atoms with E-state index in [-0.39, 0.29) is 6.04 Å². The summed E-state index contributed by atoms with van der Waals surface area (Å²) in [6.45, 7) is 1.35. The molecule has 0 spiro atoms. The molecule has 23 heavy (non-hydrogen) atoms. The number of carbonyl (C=O) groups is 1. The van der Waals surface area contributed by atoms with Crippen molar-refractivity contribution < 1.29 is 13.6 Å². The van der Waals surface area contributed by atoms with Gasteiger partial charge in [-0.05, 0) is 6.92 Å². The predicted molar refractivity (Wildman–Crippen MR) is 85.5 cm³/mol. The minimum Gasteiger partial charge on any atom is -0.346 e. The second-order valence-electron chi connectivity index (χ2n) is 5.66. The highest BCUT2D eigenvalue weighted by molar-refractivity contribution is 7.10. The van der Waals surface area contributed by atoms with Crippen molar-refractivity contribution in [3.05, 3.63) is 40.7 Å². The van der Waals surface area contributed by atoms with E-state index in [4.69, 9.17) is 0 Å². The van der Waals surface area contributed by atoms with Gasteiger partial charge in [0.2, 0.25) is 5.91 Å². The summed E-state index contributed by atoms with van der Waals surface area (Å²) in [4.78, 5) is 16.6. The largest absolute Gasteiger partial charge is 0.346 e. The first-order chi connectivity index (χ1) is 10.9. The molecule has 1 saturated heterocycles. The molecule has 1 aliphatic rings. The Kier molecular flexibility index (Phi) is 4.41. The van der Waals surface area contributed by atoms with Crippen LogP contribution in [0.5, 0.6) is 0 Å². The van der Waals surface area contributed by atoms with Gasteiger partial charge in [0, 0.05) is 17.4 Å². The lowest BCUT2D eigenvalue weighted by atomic mass is 10.1. The van der Waals surface area contributed by atoms with Gasteiger partial charge in [-0.1, -0.05) is 30.3 Å². The molecule has 7 heteroatoms. The molecule has 2 N–H and O–H groups in total. The van der Waals surface area contributed by atoms with E-state index in [9.17, 15) is 13.6 Å². The molecule has 0 bridgehead atoms. The minimum atomic E-state index is -2.81. The number of amides is 1. The van der Waals surface area contributed by atoms with Gasteiger partial charge in [0.1, 0.15) is 5.01 Å². The normalized spacial score (nSPS) is 21.1. The van der Waals surface area contributed by atoms with Crippen LogP contribution in [0.1, 0.15) is 24.4 Å². The topological polar surface area (TPSA) is 54.0 Å². The maximum Gasteiger partial charge on any atom is 0.262 e. The van der Waals surface area contributed by atoms with Gasteiger partial charge in [-0.15, -0.1) is 11.3 Å². The molecule has 4 nitrogen and oxygen atoms in total. The third-order valence-electron chi connectivity index (χ3n) is 3.75. The lowest BCUT2D eigenvalue weighted by molar-refractivity contribution is -0.124. The fourth-order valence-electron chi connectivity index (χ4n) is 2.50. The Bertz CT molecular complexity index is 690. The number of aromatic nitrogens is 1. The molecule has 0 aliphatic carbocycles. The highest BCUT2D eigenvalue weighted by Crippen LogP contribution is 2.27. The van der Waals surface area contributed by atoms with Crippen LogP contribution in [-0.4, -0.2) is 29.4 Å². The molecule has 0 saturated carbocycles. The standard InChI is InChI=1S/C16H17F2N3OS/c1-10(20-14(22)12-7-16(17,18)9-19-12)15-21-13(8-23-15)11-5-3-2-4-6-11/h2-6,8,10,12,19H,7,9H2,1H3,(H,20,22). The number of carbonyl (C=O) groups excluding carboxylic acids is 1. The summed E-state index contributed by atoms with van der Waals surface area (Å²) >= 11 is 1.44. The van der Waals surface area contributed by atoms with Gasteiger partial charge in [0.05, 0.1) is 24.3 Å². The molecule has 0 radical (unpaired) electrons. The van der Waals surface area contributed by atoms with Gasteiger partial charge in [-0.25, -0.2) is 13.8 Å². The fraction of sp³-hybridized carbons (Fsp3) is 0.375. The first-order valence-electron chi connectivity index (χ1n) is 7.37. The van der Waals surface area contributed by atoms with E-state index in [1.165, 1.54) is 11.3 Å². The Morgan fingerprint density at radius 3 is 2.83 bits per heavy atom. The molecule has 3 rings (SSSR count). The summed E-state index contributed by atoms with van der Waals surface area (Å²) in [5.41, 5.74) is 1.85. The molecule has 2 atom stereocenters. The maximum absolute atomic E-state index is 13.2. The average Bonchev–Trinajstić information content (AvgIpc) is 3.15. The summed E-state index contributed by atoms with van der Waals surface area (Å²) in [6.07, 6.45) is -0.460. The van der Waals surface area contributed by atoms with E-state index in [1.54, 1.807) is 6.92 Å². The maximum atomic E-state index is 13.2. The van der Waals surface area contributed by atoms with E-state index < -0.39 is 30.8 Å². The number of hydrogen-bond acceptors (Lipinski definition) is 4. The van der Waals surface area contributed by atoms with Crippen molar-refractivity contribution in [2.75, 3.05) is 6.54 Å². The number of nitrogens with zero attached hydrogens (tertiary/aromatic N) is 1. The van der Waals surface area contributed by atoms with Crippen LogP contribution < -0.4 is 10.6 Å². The van der Waals surface area contributed by atoms with E-state index in [1.807, 2.05) is 35.7 Å². The Morgan fingerprint density at radius 2 is 2.17 bits per heavy atom. The monoisotopic (exact) mass is 337 g/mol. The number of hydrogen-bond donors (Lipinski definition) is 2. The molecule has 1 aromatic carbocycles. The fourth-order valence-corrected chi connectivity index (χ4v) is 3.34. The number of nitrogens with one attached hydrogen (secondary N) is 2. The Labute approximate surface area is 136 Å². The zero-order valence-electron chi connectivity index (χ0n) is 12.6. The zero-order valence-corrected chi connectivity index (χ0v) is 13.4. The molecule has 2 aromatic rings. The zero-order chi connectivity index (χ0) is 16.4. The number of rotatable bonds is 4. The summed E-state index contributed by atoms with van der Waals surface area (Å²) < 4.78 is 26.3. The van der Waals surface area contributed by atoms with E-state index in [2.05, 4.69) is 15.6 Å². The Morgan fingerprint density at radius 1 is 1.43 bits per heavy atom. The number of thiazole rings is 1. The van der Waals surface area contributed by atoms with Crippen molar-refractivity contribution in [2.45, 2.75) is 31.4 Å². The van der Waals surface area contributed by atoms with Crippen molar-refractivity contribution in [3.8, 4) is 11.3 Å². The van der Waals surface area contributed by atoms with Crippen LogP contribution in [0, 0.1) is 0 Å². The number of benzene rings is 1. The van der Waals surface area contributed by atoms with Crippen molar-refractivity contribution in [2.24, 2.45) is 0 Å². The third kappa shape index (κ3) is 3.73. The van der Waals surface area contributed by atoms with Crippen LogP contribution >= 0.6 is 11.3 Å². The van der Waals surface area contributed by atoms with Gasteiger partial charge in [-0.2, -0.15) is 0 Å². The Balaban J connectivity index is 1.64. The van der Waals surface area contributed by atoms with Crippen molar-refractivity contribution in [1.82, 2.24) is 15.6 Å². The van der Waals surface area contributed by atoms with Crippen LogP contribution in [0.3, 0.4) is 0 Å². The van der Waals surface area contributed by atoms with Crippen LogP contribution in [-0.2, 0) is 4.79 Å². The van der Waals surface area contributed by atoms with Gasteiger partial charge in [-0.3, -0.25) is 10.1 Å². The first kappa shape index (κ1) is 16.0. The van der Waals surface area contributed by atoms with Gasteiger partial charge < -0.3 is 5.32 Å². The van der Waals surface area contributed by atoms with Crippen molar-refractivity contribution in [1.29, 1.82) is 0 Å². The van der Waals surface area contributed by atoms with Gasteiger partial charge in [0.15, 0.2) is 0 Å². The molecular weight excluding hydrogens is 320 g/mol. The number of alkyl halides is 2. The van der Waals surface area contributed by atoms with Crippen LogP contribution in [0.25, 0.3) is 11.3 Å². The highest BCUT2D eigenvalue weighted by Gasteiger charge is 2.42.